The summed E-state index contributed by atoms with van der Waals surface area (Å²) in [6.07, 6.45) is 3.08. The number of ether oxygens (including phenoxy) is 4. The Balaban J connectivity index is 1.33. The van der Waals surface area contributed by atoms with Crippen LogP contribution in [0.1, 0.15) is 6.42 Å². The normalized spacial score (nSPS) is 40.3. The maximum atomic E-state index is 5.39. The van der Waals surface area contributed by atoms with Crippen LogP contribution >= 0.6 is 0 Å². The maximum absolute atomic E-state index is 5.39. The van der Waals surface area contributed by atoms with Gasteiger partial charge < -0.3 is 18.9 Å². The second-order valence-corrected chi connectivity index (χ2v) is 5.94. The van der Waals surface area contributed by atoms with Crippen molar-refractivity contribution in [3.63, 3.8) is 0 Å². The van der Waals surface area contributed by atoms with Crippen molar-refractivity contribution in [2.45, 2.75) is 37.0 Å². The van der Waals surface area contributed by atoms with Gasteiger partial charge in [0.1, 0.15) is 0 Å². The molecule has 0 amide bonds. The van der Waals surface area contributed by atoms with Gasteiger partial charge in [-0.25, -0.2) is 0 Å². The summed E-state index contributed by atoms with van der Waals surface area (Å²) in [4.78, 5) is 2.47. The molecule has 6 nitrogen and oxygen atoms in total. The van der Waals surface area contributed by atoms with E-state index in [-0.39, 0.29) is 0 Å². The van der Waals surface area contributed by atoms with Crippen LogP contribution in [0.2, 0.25) is 0 Å². The number of hydrogen-bond donors (Lipinski definition) is 1. The van der Waals surface area contributed by atoms with Crippen molar-refractivity contribution < 1.29 is 18.9 Å². The quantitative estimate of drug-likeness (QED) is 0.414. The van der Waals surface area contributed by atoms with Gasteiger partial charge in [-0.2, -0.15) is 0 Å². The minimum absolute atomic E-state index is 0.352. The summed E-state index contributed by atoms with van der Waals surface area (Å²) in [5.74, 6) is 0. The van der Waals surface area contributed by atoms with Gasteiger partial charge in [0.25, 0.3) is 0 Å². The van der Waals surface area contributed by atoms with E-state index in [1.807, 2.05) is 0 Å². The number of nitrogens with one attached hydrogen (secondary N) is 1. The molecule has 6 heteroatoms. The van der Waals surface area contributed by atoms with Crippen LogP contribution in [-0.4, -0.2) is 81.5 Å². The van der Waals surface area contributed by atoms with Crippen LogP contribution in [0.15, 0.2) is 0 Å². The second-order valence-electron chi connectivity index (χ2n) is 5.94. The molecule has 4 fully saturated rings. The summed E-state index contributed by atoms with van der Waals surface area (Å²) in [5.41, 5.74) is 0. The molecule has 0 saturated carbocycles. The molecule has 4 rings (SSSR count). The van der Waals surface area contributed by atoms with Crippen LogP contribution in [0, 0.1) is 0 Å². The first kappa shape index (κ1) is 12.5. The monoisotopic (exact) mass is 270 g/mol. The van der Waals surface area contributed by atoms with Crippen molar-refractivity contribution in [1.82, 2.24) is 10.2 Å². The van der Waals surface area contributed by atoms with Gasteiger partial charge in [0.05, 0.1) is 57.0 Å². The Morgan fingerprint density at radius 2 is 1.37 bits per heavy atom. The molecular formula is C13H22N2O4. The highest BCUT2D eigenvalue weighted by molar-refractivity contribution is 4.87. The Labute approximate surface area is 113 Å². The van der Waals surface area contributed by atoms with E-state index in [1.165, 1.54) is 0 Å². The molecule has 4 saturated heterocycles. The van der Waals surface area contributed by atoms with Crippen molar-refractivity contribution in [2.75, 3.05) is 46.1 Å². The molecule has 0 radical (unpaired) electrons. The molecule has 4 heterocycles. The van der Waals surface area contributed by atoms with Gasteiger partial charge in [-0.3, -0.25) is 10.2 Å². The average Bonchev–Trinajstić information content (AvgIpc) is 3.20. The first-order valence-electron chi connectivity index (χ1n) is 7.30. The average molecular weight is 270 g/mol. The molecule has 0 bridgehead atoms. The van der Waals surface area contributed by atoms with Crippen LogP contribution in [0.5, 0.6) is 0 Å². The van der Waals surface area contributed by atoms with Crippen molar-refractivity contribution >= 4 is 0 Å². The van der Waals surface area contributed by atoms with Gasteiger partial charge in [-0.05, 0) is 0 Å². The van der Waals surface area contributed by atoms with E-state index >= 15 is 0 Å². The molecule has 0 aromatic rings. The van der Waals surface area contributed by atoms with Gasteiger partial charge in [-0.1, -0.05) is 0 Å². The molecule has 0 aliphatic carbocycles. The number of hydrogen-bond acceptors (Lipinski definition) is 6. The number of rotatable bonds is 10. The predicted octanol–water partition coefficient (Wildman–Crippen LogP) is -0.811. The fourth-order valence-corrected chi connectivity index (χ4v) is 2.47. The predicted molar refractivity (Wildman–Crippen MR) is 66.9 cm³/mol. The zero-order valence-corrected chi connectivity index (χ0v) is 11.1. The first-order valence-corrected chi connectivity index (χ1v) is 7.30. The van der Waals surface area contributed by atoms with Crippen LogP contribution < -0.4 is 5.32 Å². The van der Waals surface area contributed by atoms with Crippen LogP contribution in [0.25, 0.3) is 0 Å². The summed E-state index contributed by atoms with van der Waals surface area (Å²) in [6, 6.07) is 0. The van der Waals surface area contributed by atoms with Crippen molar-refractivity contribution in [1.29, 1.82) is 0 Å². The van der Waals surface area contributed by atoms with Gasteiger partial charge in [0.2, 0.25) is 0 Å². The molecule has 0 aromatic heterocycles. The van der Waals surface area contributed by atoms with Crippen LogP contribution in [0.4, 0.5) is 0 Å². The van der Waals surface area contributed by atoms with Gasteiger partial charge in [0, 0.05) is 26.1 Å². The topological polar surface area (TPSA) is 65.4 Å². The second kappa shape index (κ2) is 5.27. The van der Waals surface area contributed by atoms with E-state index in [2.05, 4.69) is 10.2 Å². The molecular weight excluding hydrogens is 248 g/mol. The van der Waals surface area contributed by atoms with E-state index in [0.29, 0.717) is 30.6 Å². The highest BCUT2D eigenvalue weighted by atomic mass is 16.6. The summed E-state index contributed by atoms with van der Waals surface area (Å²) < 4.78 is 21.4. The fraction of sp³-hybridized carbons (Fsp3) is 1.00. The van der Waals surface area contributed by atoms with E-state index in [0.717, 1.165) is 52.5 Å². The summed E-state index contributed by atoms with van der Waals surface area (Å²) in [6.45, 7) is 6.54. The number of epoxide rings is 4. The summed E-state index contributed by atoms with van der Waals surface area (Å²) in [7, 11) is 0. The Bertz CT molecular complexity index is 300. The lowest BCUT2D eigenvalue weighted by molar-refractivity contribution is 0.121. The molecule has 4 aliphatic rings. The highest BCUT2D eigenvalue weighted by Crippen LogP contribution is 2.23. The minimum atomic E-state index is 0.352. The lowest BCUT2D eigenvalue weighted by atomic mass is 10.2. The summed E-state index contributed by atoms with van der Waals surface area (Å²) >= 11 is 0. The first-order chi connectivity index (χ1) is 9.37. The zero-order chi connectivity index (χ0) is 12.7. The lowest BCUT2D eigenvalue weighted by Gasteiger charge is -2.31. The molecule has 1 N–H and O–H groups in total. The Morgan fingerprint density at radius 3 is 1.84 bits per heavy atom. The van der Waals surface area contributed by atoms with Crippen molar-refractivity contribution in [3.8, 4) is 0 Å². The standard InChI is InChI=1S/C13H22N2O4/c1(9-5-16-9)13(14-2-10-6-17-10)15(3-11-7-18-11)4-12-8-19-12/h9-14H,1-8H2. The minimum Gasteiger partial charge on any atom is -0.373 e. The lowest BCUT2D eigenvalue weighted by Crippen LogP contribution is -2.50. The van der Waals surface area contributed by atoms with Crippen LogP contribution in [0.3, 0.4) is 0 Å². The van der Waals surface area contributed by atoms with Crippen molar-refractivity contribution in [2.24, 2.45) is 0 Å². The smallest absolute Gasteiger partial charge is 0.0937 e. The van der Waals surface area contributed by atoms with E-state index < -0.39 is 0 Å². The molecule has 19 heavy (non-hydrogen) atoms. The molecule has 0 aromatic carbocycles. The third-order valence-electron chi connectivity index (χ3n) is 3.99. The molecule has 0 spiro atoms. The van der Waals surface area contributed by atoms with Gasteiger partial charge in [0.15, 0.2) is 0 Å². The van der Waals surface area contributed by atoms with Gasteiger partial charge in [-0.15, -0.1) is 0 Å². The molecule has 108 valence electrons. The highest BCUT2D eigenvalue weighted by Gasteiger charge is 2.37. The van der Waals surface area contributed by atoms with E-state index in [4.69, 9.17) is 18.9 Å². The zero-order valence-electron chi connectivity index (χ0n) is 11.1. The molecule has 4 aliphatic heterocycles. The number of nitrogens with zero attached hydrogens (tertiary/aromatic N) is 1. The molecule has 5 unspecified atom stereocenters. The SMILES string of the molecule is C(NC(CC1CO1)N(CC1CO1)CC1CO1)C1CO1. The largest absolute Gasteiger partial charge is 0.373 e. The third kappa shape index (κ3) is 4.11. The maximum Gasteiger partial charge on any atom is 0.0937 e. The Morgan fingerprint density at radius 1 is 0.842 bits per heavy atom. The fourth-order valence-electron chi connectivity index (χ4n) is 2.47. The Hall–Kier alpha value is -0.240. The van der Waals surface area contributed by atoms with E-state index in [9.17, 15) is 0 Å². The Kier molecular flexibility index (Phi) is 3.47. The third-order valence-corrected chi connectivity index (χ3v) is 3.99. The molecule has 5 atom stereocenters. The van der Waals surface area contributed by atoms with Crippen molar-refractivity contribution in [3.05, 3.63) is 0 Å². The van der Waals surface area contributed by atoms with Crippen LogP contribution in [-0.2, 0) is 18.9 Å². The summed E-state index contributed by atoms with van der Waals surface area (Å²) in [5, 5.41) is 3.63. The van der Waals surface area contributed by atoms with Gasteiger partial charge >= 0.3 is 0 Å². The van der Waals surface area contributed by atoms with E-state index in [1.54, 1.807) is 0 Å².